The summed E-state index contributed by atoms with van der Waals surface area (Å²) in [5.41, 5.74) is 6.13. The molecule has 1 aliphatic rings. The van der Waals surface area contributed by atoms with Gasteiger partial charge in [0.25, 0.3) is 5.56 Å². The van der Waals surface area contributed by atoms with Crippen LogP contribution in [0.15, 0.2) is 22.6 Å². The third-order valence-electron chi connectivity index (χ3n) is 3.84. The van der Waals surface area contributed by atoms with Gasteiger partial charge in [-0.1, -0.05) is 5.11 Å². The van der Waals surface area contributed by atoms with Gasteiger partial charge in [0.1, 0.15) is 17.8 Å². The number of fused-ring (bicyclic) bond motifs is 1. The van der Waals surface area contributed by atoms with Crippen LogP contribution < -0.4 is 5.56 Å². The van der Waals surface area contributed by atoms with E-state index in [9.17, 15) is 20.1 Å². The van der Waals surface area contributed by atoms with E-state index in [1.165, 1.54) is 17.2 Å². The molecule has 1 saturated heterocycles. The molecule has 4 N–H and O–H groups in total. The first-order valence-electron chi connectivity index (χ1n) is 6.60. The minimum atomic E-state index is -1.98. The predicted molar refractivity (Wildman–Crippen MR) is 74.1 cm³/mol. The number of imidazole rings is 1. The first kappa shape index (κ1) is 15.4. The fourth-order valence-electron chi connectivity index (χ4n) is 2.61. The third kappa shape index (κ3) is 2.25. The minimum Gasteiger partial charge on any atom is -0.394 e. The molecule has 0 unspecified atom stereocenters. The van der Waals surface area contributed by atoms with E-state index in [0.717, 1.165) is 0 Å². The van der Waals surface area contributed by atoms with Crippen LogP contribution in [0.4, 0.5) is 0 Å². The Labute approximate surface area is 127 Å². The Bertz CT molecular complexity index is 828. The Hall–Kier alpha value is -2.50. The van der Waals surface area contributed by atoms with E-state index in [0.29, 0.717) is 0 Å². The van der Waals surface area contributed by atoms with Crippen LogP contribution in [-0.2, 0) is 4.74 Å². The van der Waals surface area contributed by atoms with Crippen molar-refractivity contribution in [1.29, 1.82) is 0 Å². The van der Waals surface area contributed by atoms with Crippen LogP contribution in [0.5, 0.6) is 0 Å². The molecule has 2 aromatic rings. The van der Waals surface area contributed by atoms with Crippen molar-refractivity contribution in [2.75, 3.05) is 13.2 Å². The lowest BCUT2D eigenvalue weighted by Gasteiger charge is -2.28. The number of hydrogen-bond acceptors (Lipinski definition) is 8. The standard InChI is InChI=1S/C11H13N7O5/c12-17-16-2-11(22)5(1-19)23-10(7(11)20)18-4-15-6-8(18)13-3-14-9(6)21/h3-5,7,10,19-20,22H,1-2H2,(H,13,14,21)/t5-,7+,10-,11-/m1/s1. The molecule has 0 radical (unpaired) electrons. The Morgan fingerprint density at radius 3 is 3.04 bits per heavy atom. The largest absolute Gasteiger partial charge is 0.394 e. The van der Waals surface area contributed by atoms with Crippen LogP contribution in [0.3, 0.4) is 0 Å². The second-order valence-corrected chi connectivity index (χ2v) is 5.08. The molecule has 12 heteroatoms. The summed E-state index contributed by atoms with van der Waals surface area (Å²) in [4.78, 5) is 24.4. The molecule has 0 aromatic carbocycles. The zero-order valence-corrected chi connectivity index (χ0v) is 11.6. The normalized spacial score (nSPS) is 30.5. The second kappa shape index (κ2) is 5.61. The maximum atomic E-state index is 11.7. The first-order valence-corrected chi connectivity index (χ1v) is 6.60. The van der Waals surface area contributed by atoms with Crippen molar-refractivity contribution in [1.82, 2.24) is 19.5 Å². The van der Waals surface area contributed by atoms with Crippen LogP contribution in [0.2, 0.25) is 0 Å². The number of aliphatic hydroxyl groups is 3. The van der Waals surface area contributed by atoms with Crippen molar-refractivity contribution < 1.29 is 20.1 Å². The van der Waals surface area contributed by atoms with Crippen LogP contribution in [0.25, 0.3) is 21.6 Å². The van der Waals surface area contributed by atoms with Crippen molar-refractivity contribution in [2.45, 2.75) is 24.0 Å². The lowest BCUT2D eigenvalue weighted by molar-refractivity contribution is -0.0860. The summed E-state index contributed by atoms with van der Waals surface area (Å²) < 4.78 is 6.74. The summed E-state index contributed by atoms with van der Waals surface area (Å²) >= 11 is 0. The highest BCUT2D eigenvalue weighted by Gasteiger charge is 2.55. The van der Waals surface area contributed by atoms with Gasteiger partial charge in [-0.15, -0.1) is 0 Å². The molecule has 3 rings (SSSR count). The molecule has 0 saturated carbocycles. The number of ether oxygens (including phenoxy) is 1. The molecule has 3 heterocycles. The van der Waals surface area contributed by atoms with E-state index in [-0.39, 0.29) is 11.2 Å². The minimum absolute atomic E-state index is 0.0364. The summed E-state index contributed by atoms with van der Waals surface area (Å²) in [5, 5.41) is 33.5. The summed E-state index contributed by atoms with van der Waals surface area (Å²) in [6, 6.07) is 0. The van der Waals surface area contributed by atoms with Gasteiger partial charge in [0.05, 0.1) is 25.8 Å². The smallest absolute Gasteiger partial charge is 0.278 e. The summed E-state index contributed by atoms with van der Waals surface area (Å²) in [7, 11) is 0. The molecule has 0 amide bonds. The number of nitrogens with zero attached hydrogens (tertiary/aromatic N) is 6. The highest BCUT2D eigenvalue weighted by Crippen LogP contribution is 2.38. The van der Waals surface area contributed by atoms with Gasteiger partial charge in [-0.3, -0.25) is 9.36 Å². The van der Waals surface area contributed by atoms with Gasteiger partial charge in [-0.05, 0) is 5.53 Å². The van der Waals surface area contributed by atoms with Crippen LogP contribution in [-0.4, -0.2) is 65.8 Å². The highest BCUT2D eigenvalue weighted by molar-refractivity contribution is 5.68. The Balaban J connectivity index is 2.04. The number of aromatic nitrogens is 4. The molecule has 1 fully saturated rings. The molecule has 23 heavy (non-hydrogen) atoms. The number of aliphatic hydroxyl groups excluding tert-OH is 2. The Morgan fingerprint density at radius 1 is 1.57 bits per heavy atom. The number of aromatic amines is 1. The van der Waals surface area contributed by atoms with Crippen LogP contribution in [0.1, 0.15) is 6.23 Å². The van der Waals surface area contributed by atoms with Gasteiger partial charge < -0.3 is 25.0 Å². The van der Waals surface area contributed by atoms with Crippen molar-refractivity contribution in [3.05, 3.63) is 33.5 Å². The van der Waals surface area contributed by atoms with Crippen molar-refractivity contribution >= 4 is 11.2 Å². The van der Waals surface area contributed by atoms with E-state index in [2.05, 4.69) is 25.0 Å². The molecule has 2 aromatic heterocycles. The fourth-order valence-corrected chi connectivity index (χ4v) is 2.61. The third-order valence-corrected chi connectivity index (χ3v) is 3.84. The zero-order chi connectivity index (χ0) is 16.6. The van der Waals surface area contributed by atoms with E-state index in [1.54, 1.807) is 0 Å². The number of azide groups is 1. The van der Waals surface area contributed by atoms with Gasteiger partial charge in [0, 0.05) is 4.91 Å². The average Bonchev–Trinajstić information content (AvgIpc) is 3.07. The number of H-pyrrole nitrogens is 1. The Kier molecular flexibility index (Phi) is 3.75. The van der Waals surface area contributed by atoms with Gasteiger partial charge in [0.15, 0.2) is 17.4 Å². The lowest BCUT2D eigenvalue weighted by atomic mass is 9.92. The second-order valence-electron chi connectivity index (χ2n) is 5.08. The molecule has 0 bridgehead atoms. The topological polar surface area (TPSA) is 182 Å². The molecular weight excluding hydrogens is 310 g/mol. The van der Waals surface area contributed by atoms with Crippen molar-refractivity contribution in [3.8, 4) is 0 Å². The number of rotatable bonds is 4. The van der Waals surface area contributed by atoms with Crippen LogP contribution >= 0.6 is 0 Å². The number of nitrogens with one attached hydrogen (secondary N) is 1. The number of hydrogen-bond donors (Lipinski definition) is 4. The fraction of sp³-hybridized carbons (Fsp3) is 0.545. The SMILES string of the molecule is [N-]=[N+]=NC[C@@]1(O)[C@@H](CO)O[C@@H](n2cnc3c(=O)[nH]cnc32)[C@@H]1O. The lowest BCUT2D eigenvalue weighted by Crippen LogP contribution is -2.51. The quantitative estimate of drug-likeness (QED) is 0.297. The van der Waals surface area contributed by atoms with Crippen molar-refractivity contribution in [2.24, 2.45) is 5.11 Å². The molecular formula is C11H13N7O5. The average molecular weight is 323 g/mol. The molecule has 0 spiro atoms. The molecule has 4 atom stereocenters. The molecule has 122 valence electrons. The summed E-state index contributed by atoms with van der Waals surface area (Å²) in [6.07, 6.45) is -1.49. The first-order chi connectivity index (χ1) is 11.0. The van der Waals surface area contributed by atoms with Crippen LogP contribution in [0, 0.1) is 0 Å². The van der Waals surface area contributed by atoms with Crippen molar-refractivity contribution in [3.63, 3.8) is 0 Å². The predicted octanol–water partition coefficient (Wildman–Crippen LogP) is -1.59. The monoisotopic (exact) mass is 323 g/mol. The van der Waals surface area contributed by atoms with Gasteiger partial charge in [-0.2, -0.15) is 0 Å². The van der Waals surface area contributed by atoms with Gasteiger partial charge in [-0.25, -0.2) is 9.97 Å². The molecule has 1 aliphatic heterocycles. The van der Waals surface area contributed by atoms with E-state index in [1.807, 2.05) is 0 Å². The molecule has 0 aliphatic carbocycles. The Morgan fingerprint density at radius 2 is 2.35 bits per heavy atom. The van der Waals surface area contributed by atoms with Gasteiger partial charge >= 0.3 is 0 Å². The maximum Gasteiger partial charge on any atom is 0.278 e. The summed E-state index contributed by atoms with van der Waals surface area (Å²) in [5.74, 6) is 0. The van der Waals surface area contributed by atoms with E-state index >= 15 is 0 Å². The maximum absolute atomic E-state index is 11.7. The van der Waals surface area contributed by atoms with Gasteiger partial charge in [0.2, 0.25) is 0 Å². The zero-order valence-electron chi connectivity index (χ0n) is 11.6. The van der Waals surface area contributed by atoms with E-state index < -0.39 is 42.7 Å². The highest BCUT2D eigenvalue weighted by atomic mass is 16.6. The van der Waals surface area contributed by atoms with E-state index in [4.69, 9.17) is 10.3 Å². The summed E-state index contributed by atoms with van der Waals surface area (Å²) in [6.45, 7) is -1.10. The molecule has 12 nitrogen and oxygen atoms in total.